The molecule has 0 unspecified atom stereocenters. The van der Waals surface area contributed by atoms with Gasteiger partial charge in [-0.15, -0.1) is 11.8 Å². The Hall–Kier alpha value is -1.52. The number of aryl methyl sites for hydroxylation is 1. The van der Waals surface area contributed by atoms with E-state index in [2.05, 4.69) is 0 Å². The maximum absolute atomic E-state index is 5.96. The molecule has 19 heavy (non-hydrogen) atoms. The van der Waals surface area contributed by atoms with Gasteiger partial charge in [0.25, 0.3) is 0 Å². The van der Waals surface area contributed by atoms with Gasteiger partial charge in [-0.3, -0.25) is 0 Å². The molecule has 0 saturated carbocycles. The summed E-state index contributed by atoms with van der Waals surface area (Å²) in [4.78, 5) is 1.38. The average Bonchev–Trinajstić information content (AvgIpc) is 2.40. The highest BCUT2D eigenvalue weighted by atomic mass is 32.2. The molecule has 0 radical (unpaired) electrons. The van der Waals surface area contributed by atoms with Crippen LogP contribution in [0.2, 0.25) is 0 Å². The summed E-state index contributed by atoms with van der Waals surface area (Å²) in [5.41, 5.74) is 7.70. The Labute approximate surface area is 123 Å². The van der Waals surface area contributed by atoms with Gasteiger partial charge in [-0.25, -0.2) is 0 Å². The maximum Gasteiger partial charge on any atom is 0.138 e. The summed E-state index contributed by atoms with van der Waals surface area (Å²) in [6, 6.07) is 13.7. The predicted octanol–water partition coefficient (Wildman–Crippen LogP) is 4.14. The van der Waals surface area contributed by atoms with Crippen LogP contribution in [0.1, 0.15) is 11.1 Å². The molecular formula is C15H15NOS2. The van der Waals surface area contributed by atoms with Gasteiger partial charge < -0.3 is 10.5 Å². The van der Waals surface area contributed by atoms with E-state index in [1.807, 2.05) is 55.6 Å². The molecule has 0 bridgehead atoms. The zero-order valence-corrected chi connectivity index (χ0v) is 12.5. The van der Waals surface area contributed by atoms with Gasteiger partial charge in [0.15, 0.2) is 0 Å². The molecule has 2 rings (SSSR count). The van der Waals surface area contributed by atoms with Crippen LogP contribution in [0.15, 0.2) is 47.4 Å². The summed E-state index contributed by atoms with van der Waals surface area (Å²) in [6.07, 6.45) is 1.99. The van der Waals surface area contributed by atoms with E-state index in [-0.39, 0.29) is 0 Å². The molecule has 0 fully saturated rings. The average molecular weight is 289 g/mol. The van der Waals surface area contributed by atoms with Crippen LogP contribution in [0, 0.1) is 6.92 Å². The molecule has 0 aliphatic carbocycles. The number of thioether (sulfide) groups is 1. The fourth-order valence-corrected chi connectivity index (χ4v) is 2.70. The van der Waals surface area contributed by atoms with Crippen LogP contribution in [-0.4, -0.2) is 11.2 Å². The van der Waals surface area contributed by atoms with Gasteiger partial charge in [0, 0.05) is 4.90 Å². The van der Waals surface area contributed by atoms with Crippen molar-refractivity contribution in [2.24, 2.45) is 5.73 Å². The number of hydrogen-bond donors (Lipinski definition) is 1. The third-order valence-electron chi connectivity index (χ3n) is 2.77. The molecule has 0 atom stereocenters. The molecule has 98 valence electrons. The Balaban J connectivity index is 2.46. The third-order valence-corrected chi connectivity index (χ3v) is 3.75. The number of ether oxygens (including phenoxy) is 1. The summed E-state index contributed by atoms with van der Waals surface area (Å²) in [5, 5.41) is 0. The predicted molar refractivity (Wildman–Crippen MR) is 85.4 cm³/mol. The molecule has 0 amide bonds. The summed E-state index contributed by atoms with van der Waals surface area (Å²) in [6.45, 7) is 2.01. The molecule has 4 heteroatoms. The van der Waals surface area contributed by atoms with Crippen molar-refractivity contribution in [3.05, 3.63) is 53.6 Å². The fraction of sp³-hybridized carbons (Fsp3) is 0.133. The van der Waals surface area contributed by atoms with Crippen LogP contribution in [0.4, 0.5) is 0 Å². The van der Waals surface area contributed by atoms with E-state index in [0.717, 1.165) is 21.8 Å². The SMILES string of the molecule is CSc1cccc(Oc2ccccc2C)c1C(N)=S. The van der Waals surface area contributed by atoms with E-state index in [4.69, 9.17) is 22.7 Å². The first-order chi connectivity index (χ1) is 9.13. The van der Waals surface area contributed by atoms with Crippen LogP contribution < -0.4 is 10.5 Å². The molecule has 0 saturated heterocycles. The van der Waals surface area contributed by atoms with Gasteiger partial charge in [-0.1, -0.05) is 36.5 Å². The zero-order valence-electron chi connectivity index (χ0n) is 10.8. The lowest BCUT2D eigenvalue weighted by Gasteiger charge is -2.14. The fourth-order valence-electron chi connectivity index (χ4n) is 1.80. The van der Waals surface area contributed by atoms with Crippen molar-refractivity contribution in [1.29, 1.82) is 0 Å². The van der Waals surface area contributed by atoms with Crippen LogP contribution in [0.3, 0.4) is 0 Å². The molecular weight excluding hydrogens is 274 g/mol. The van der Waals surface area contributed by atoms with Crippen molar-refractivity contribution in [3.8, 4) is 11.5 Å². The second-order valence-electron chi connectivity index (χ2n) is 4.07. The summed E-state index contributed by atoms with van der Waals surface area (Å²) in [7, 11) is 0. The monoisotopic (exact) mass is 289 g/mol. The standard InChI is InChI=1S/C15H15NOS2/c1-10-6-3-4-7-11(10)17-12-8-5-9-13(19-2)14(12)15(16)18/h3-9H,1-2H3,(H2,16,18). The highest BCUT2D eigenvalue weighted by molar-refractivity contribution is 7.98. The summed E-state index contributed by atoms with van der Waals surface area (Å²) < 4.78 is 5.96. The van der Waals surface area contributed by atoms with Crippen LogP contribution in [0.25, 0.3) is 0 Å². The quantitative estimate of drug-likeness (QED) is 0.677. The highest BCUT2D eigenvalue weighted by Crippen LogP contribution is 2.33. The molecule has 2 N–H and O–H groups in total. The Morgan fingerprint density at radius 1 is 1.11 bits per heavy atom. The zero-order chi connectivity index (χ0) is 13.8. The van der Waals surface area contributed by atoms with Crippen molar-refractivity contribution < 1.29 is 4.74 Å². The Kier molecular flexibility index (Phi) is 4.45. The lowest BCUT2D eigenvalue weighted by atomic mass is 10.2. The Morgan fingerprint density at radius 3 is 2.42 bits per heavy atom. The van der Waals surface area contributed by atoms with Crippen molar-refractivity contribution in [2.75, 3.05) is 6.26 Å². The molecule has 0 aliphatic rings. The van der Waals surface area contributed by atoms with Gasteiger partial charge in [0.1, 0.15) is 16.5 Å². The summed E-state index contributed by atoms with van der Waals surface area (Å²) >= 11 is 6.74. The molecule has 2 nitrogen and oxygen atoms in total. The van der Waals surface area contributed by atoms with E-state index in [0.29, 0.717) is 10.7 Å². The molecule has 0 heterocycles. The van der Waals surface area contributed by atoms with E-state index in [1.54, 1.807) is 11.8 Å². The second kappa shape index (κ2) is 6.08. The second-order valence-corrected chi connectivity index (χ2v) is 5.35. The van der Waals surface area contributed by atoms with Crippen molar-refractivity contribution in [2.45, 2.75) is 11.8 Å². The number of benzene rings is 2. The van der Waals surface area contributed by atoms with Crippen molar-refractivity contribution >= 4 is 29.0 Å². The third kappa shape index (κ3) is 3.08. The van der Waals surface area contributed by atoms with Gasteiger partial charge >= 0.3 is 0 Å². The van der Waals surface area contributed by atoms with Gasteiger partial charge in [0.05, 0.1) is 5.56 Å². The number of thiocarbonyl (C=S) groups is 1. The van der Waals surface area contributed by atoms with Gasteiger partial charge in [-0.2, -0.15) is 0 Å². The maximum atomic E-state index is 5.96. The largest absolute Gasteiger partial charge is 0.456 e. The van der Waals surface area contributed by atoms with E-state index < -0.39 is 0 Å². The minimum absolute atomic E-state index is 0.355. The Morgan fingerprint density at radius 2 is 1.79 bits per heavy atom. The highest BCUT2D eigenvalue weighted by Gasteiger charge is 2.13. The number of rotatable bonds is 4. The van der Waals surface area contributed by atoms with E-state index in [1.165, 1.54) is 0 Å². The molecule has 0 aliphatic heterocycles. The topological polar surface area (TPSA) is 35.2 Å². The lowest BCUT2D eigenvalue weighted by molar-refractivity contribution is 0.476. The summed E-state index contributed by atoms with van der Waals surface area (Å²) in [5.74, 6) is 1.52. The first-order valence-electron chi connectivity index (χ1n) is 5.83. The normalized spacial score (nSPS) is 10.2. The minimum atomic E-state index is 0.355. The number of para-hydroxylation sites is 1. The smallest absolute Gasteiger partial charge is 0.138 e. The molecule has 2 aromatic rings. The van der Waals surface area contributed by atoms with Crippen molar-refractivity contribution in [3.63, 3.8) is 0 Å². The first-order valence-corrected chi connectivity index (χ1v) is 7.47. The molecule has 2 aromatic carbocycles. The first kappa shape index (κ1) is 13.9. The van der Waals surface area contributed by atoms with Crippen LogP contribution >= 0.6 is 24.0 Å². The van der Waals surface area contributed by atoms with Crippen LogP contribution in [0.5, 0.6) is 11.5 Å². The van der Waals surface area contributed by atoms with Crippen LogP contribution in [-0.2, 0) is 0 Å². The number of nitrogens with two attached hydrogens (primary N) is 1. The van der Waals surface area contributed by atoms with Crippen molar-refractivity contribution in [1.82, 2.24) is 0 Å². The Bertz CT molecular complexity index is 611. The minimum Gasteiger partial charge on any atom is -0.456 e. The lowest BCUT2D eigenvalue weighted by Crippen LogP contribution is -2.12. The number of hydrogen-bond acceptors (Lipinski definition) is 3. The van der Waals surface area contributed by atoms with Gasteiger partial charge in [-0.05, 0) is 36.9 Å². The van der Waals surface area contributed by atoms with Gasteiger partial charge in [0.2, 0.25) is 0 Å². The van der Waals surface area contributed by atoms with E-state index in [9.17, 15) is 0 Å². The molecule has 0 aromatic heterocycles. The van der Waals surface area contributed by atoms with E-state index >= 15 is 0 Å². The molecule has 0 spiro atoms.